The van der Waals surface area contributed by atoms with E-state index in [0.29, 0.717) is 22.8 Å². The number of ether oxygens (including phenoxy) is 2. The molecule has 34 heavy (non-hydrogen) atoms. The van der Waals surface area contributed by atoms with E-state index in [9.17, 15) is 14.7 Å². The molecular weight excluding hydrogens is 438 g/mol. The monoisotopic (exact) mass is 469 g/mol. The van der Waals surface area contributed by atoms with E-state index in [1.54, 1.807) is 35.9 Å². The summed E-state index contributed by atoms with van der Waals surface area (Å²) in [4.78, 5) is 30.1. The van der Waals surface area contributed by atoms with Gasteiger partial charge in [0.2, 0.25) is 0 Å². The van der Waals surface area contributed by atoms with E-state index in [1.165, 1.54) is 0 Å². The molecule has 3 fully saturated rings. The highest BCUT2D eigenvalue weighted by Crippen LogP contribution is 2.56. The van der Waals surface area contributed by atoms with Gasteiger partial charge in [-0.25, -0.2) is 9.48 Å². The Morgan fingerprint density at radius 3 is 2.68 bits per heavy atom. The molecule has 1 amide bonds. The van der Waals surface area contributed by atoms with E-state index in [2.05, 4.69) is 15.3 Å². The van der Waals surface area contributed by atoms with Gasteiger partial charge in [0.25, 0.3) is 0 Å². The summed E-state index contributed by atoms with van der Waals surface area (Å²) in [5.74, 6) is -0.0577. The van der Waals surface area contributed by atoms with Gasteiger partial charge in [-0.3, -0.25) is 9.78 Å². The number of aromatic nitrogens is 4. The van der Waals surface area contributed by atoms with E-state index in [0.717, 1.165) is 44.9 Å². The number of aliphatic carboxylic acids is 1. The fraction of sp³-hybridized carbons (Fsp3) is 0.625. The molecule has 0 radical (unpaired) electrons. The largest absolute Gasteiger partial charge is 0.488 e. The summed E-state index contributed by atoms with van der Waals surface area (Å²) < 4.78 is 13.3. The van der Waals surface area contributed by atoms with Crippen LogP contribution in [0.25, 0.3) is 11.4 Å². The van der Waals surface area contributed by atoms with Crippen LogP contribution in [0.3, 0.4) is 0 Å². The van der Waals surface area contributed by atoms with Crippen LogP contribution in [0.2, 0.25) is 0 Å². The predicted octanol–water partition coefficient (Wildman–Crippen LogP) is 3.27. The van der Waals surface area contributed by atoms with Crippen molar-refractivity contribution in [3.05, 3.63) is 24.0 Å². The SMILES string of the molecule is CN(C(=O)OCc1c(-c2ccc(OC3CCCC4C(C(=O)O)C34)cn2)nnn1C)C1CCCC1. The number of carbonyl (C=O) groups excluding carboxylic acids is 1. The molecule has 3 aliphatic rings. The molecule has 0 bridgehead atoms. The molecule has 182 valence electrons. The second kappa shape index (κ2) is 9.23. The zero-order valence-corrected chi connectivity index (χ0v) is 19.6. The van der Waals surface area contributed by atoms with Gasteiger partial charge in [0.15, 0.2) is 0 Å². The average molecular weight is 470 g/mol. The highest BCUT2D eigenvalue weighted by atomic mass is 16.6. The molecule has 3 saturated carbocycles. The number of amides is 1. The van der Waals surface area contributed by atoms with Crippen molar-refractivity contribution in [1.82, 2.24) is 24.9 Å². The van der Waals surface area contributed by atoms with Crippen LogP contribution in [0.4, 0.5) is 4.79 Å². The molecule has 3 aliphatic carbocycles. The molecule has 0 saturated heterocycles. The Balaban J connectivity index is 1.23. The van der Waals surface area contributed by atoms with Crippen LogP contribution in [-0.2, 0) is 23.2 Å². The van der Waals surface area contributed by atoms with Crippen molar-refractivity contribution >= 4 is 12.1 Å². The third kappa shape index (κ3) is 4.33. The zero-order chi connectivity index (χ0) is 23.8. The number of carbonyl (C=O) groups is 2. The Bertz CT molecular complexity index is 1050. The van der Waals surface area contributed by atoms with Gasteiger partial charge in [0, 0.05) is 26.1 Å². The van der Waals surface area contributed by atoms with E-state index < -0.39 is 5.97 Å². The molecule has 4 atom stereocenters. The first-order valence-electron chi connectivity index (χ1n) is 12.1. The van der Waals surface area contributed by atoms with Crippen molar-refractivity contribution in [2.24, 2.45) is 24.8 Å². The van der Waals surface area contributed by atoms with Gasteiger partial charge >= 0.3 is 12.1 Å². The van der Waals surface area contributed by atoms with Crippen molar-refractivity contribution in [3.63, 3.8) is 0 Å². The lowest BCUT2D eigenvalue weighted by Crippen LogP contribution is -2.35. The molecule has 2 heterocycles. The topological polar surface area (TPSA) is 120 Å². The molecule has 1 N–H and O–H groups in total. The number of nitrogens with zero attached hydrogens (tertiary/aromatic N) is 5. The summed E-state index contributed by atoms with van der Waals surface area (Å²) in [6.07, 6.45) is 8.34. The number of aryl methyl sites for hydroxylation is 1. The number of hydrogen-bond donors (Lipinski definition) is 1. The highest BCUT2D eigenvalue weighted by molar-refractivity contribution is 5.74. The van der Waals surface area contributed by atoms with Gasteiger partial charge < -0.3 is 19.5 Å². The fourth-order valence-electron chi connectivity index (χ4n) is 5.69. The van der Waals surface area contributed by atoms with Crippen LogP contribution in [0.5, 0.6) is 5.75 Å². The Kier molecular flexibility index (Phi) is 6.14. The number of carboxylic acid groups (broad SMARTS) is 1. The summed E-state index contributed by atoms with van der Waals surface area (Å²) in [5, 5.41) is 17.7. The standard InChI is InChI=1S/C24H31N5O5/c1-28(14-6-3-4-7-14)24(32)33-13-18-22(26-27-29(18)2)17-11-10-15(12-25-17)34-19-9-5-8-16-20(19)21(16)23(30)31/h10-12,14,16,19-21H,3-9,13H2,1-2H3,(H,30,31). The van der Waals surface area contributed by atoms with Crippen LogP contribution >= 0.6 is 0 Å². The summed E-state index contributed by atoms with van der Waals surface area (Å²) in [5.41, 5.74) is 1.81. The van der Waals surface area contributed by atoms with E-state index in [1.807, 2.05) is 6.07 Å². The van der Waals surface area contributed by atoms with Gasteiger partial charge in [0.1, 0.15) is 29.8 Å². The maximum Gasteiger partial charge on any atom is 0.410 e. The molecule has 10 heteroatoms. The van der Waals surface area contributed by atoms with Crippen LogP contribution in [-0.4, -0.2) is 61.2 Å². The Morgan fingerprint density at radius 2 is 1.97 bits per heavy atom. The van der Waals surface area contributed by atoms with E-state index in [-0.39, 0.29) is 42.6 Å². The Morgan fingerprint density at radius 1 is 1.18 bits per heavy atom. The maximum atomic E-state index is 12.5. The molecule has 0 aromatic carbocycles. The van der Waals surface area contributed by atoms with Gasteiger partial charge in [-0.05, 0) is 50.2 Å². The minimum Gasteiger partial charge on any atom is -0.488 e. The molecule has 5 rings (SSSR count). The van der Waals surface area contributed by atoms with E-state index in [4.69, 9.17) is 9.47 Å². The molecule has 2 aromatic rings. The highest BCUT2D eigenvalue weighted by Gasteiger charge is 2.60. The lowest BCUT2D eigenvalue weighted by Gasteiger charge is -2.23. The number of carboxylic acids is 1. The van der Waals surface area contributed by atoms with Crippen molar-refractivity contribution in [2.75, 3.05) is 7.05 Å². The Hall–Kier alpha value is -3.17. The van der Waals surface area contributed by atoms with Crippen molar-refractivity contribution < 1.29 is 24.2 Å². The van der Waals surface area contributed by atoms with Gasteiger partial charge in [-0.1, -0.05) is 18.1 Å². The third-order valence-electron chi connectivity index (χ3n) is 7.67. The molecule has 4 unspecified atom stereocenters. The molecule has 2 aromatic heterocycles. The van der Waals surface area contributed by atoms with Crippen LogP contribution in [0.1, 0.15) is 50.6 Å². The van der Waals surface area contributed by atoms with Crippen molar-refractivity contribution in [2.45, 2.75) is 63.7 Å². The number of fused-ring (bicyclic) bond motifs is 1. The number of hydrogen-bond acceptors (Lipinski definition) is 7. The number of pyridine rings is 1. The normalized spacial score (nSPS) is 26.1. The van der Waals surface area contributed by atoms with Crippen LogP contribution in [0.15, 0.2) is 18.3 Å². The second-order valence-corrected chi connectivity index (χ2v) is 9.68. The van der Waals surface area contributed by atoms with Gasteiger partial charge in [-0.2, -0.15) is 0 Å². The van der Waals surface area contributed by atoms with Crippen LogP contribution < -0.4 is 4.74 Å². The fourth-order valence-corrected chi connectivity index (χ4v) is 5.69. The molecule has 0 aliphatic heterocycles. The van der Waals surface area contributed by atoms with E-state index >= 15 is 0 Å². The average Bonchev–Trinajstić information content (AvgIpc) is 3.13. The minimum absolute atomic E-state index is 0.0520. The summed E-state index contributed by atoms with van der Waals surface area (Å²) in [7, 11) is 3.54. The first-order valence-corrected chi connectivity index (χ1v) is 12.1. The summed E-state index contributed by atoms with van der Waals surface area (Å²) in [6.45, 7) is 0.0520. The predicted molar refractivity (Wildman–Crippen MR) is 121 cm³/mol. The van der Waals surface area contributed by atoms with Crippen LogP contribution in [0, 0.1) is 17.8 Å². The zero-order valence-electron chi connectivity index (χ0n) is 19.6. The first kappa shape index (κ1) is 22.6. The van der Waals surface area contributed by atoms with Gasteiger partial charge in [0.05, 0.1) is 17.8 Å². The lowest BCUT2D eigenvalue weighted by molar-refractivity contribution is -0.139. The smallest absolute Gasteiger partial charge is 0.410 e. The quantitative estimate of drug-likeness (QED) is 0.656. The van der Waals surface area contributed by atoms with Crippen molar-refractivity contribution in [3.8, 4) is 17.1 Å². The number of rotatable bonds is 7. The van der Waals surface area contributed by atoms with Gasteiger partial charge in [-0.15, -0.1) is 5.10 Å². The summed E-state index contributed by atoms with van der Waals surface area (Å²) >= 11 is 0. The molecular formula is C24H31N5O5. The summed E-state index contributed by atoms with van der Waals surface area (Å²) in [6, 6.07) is 3.87. The first-order chi connectivity index (χ1) is 16.4. The third-order valence-corrected chi connectivity index (χ3v) is 7.67. The maximum absolute atomic E-state index is 12.5. The Labute approximate surface area is 198 Å². The minimum atomic E-state index is -0.718. The second-order valence-electron chi connectivity index (χ2n) is 9.68. The lowest BCUT2D eigenvalue weighted by atomic mass is 9.98. The molecule has 10 nitrogen and oxygen atoms in total. The van der Waals surface area contributed by atoms with Crippen molar-refractivity contribution in [1.29, 1.82) is 0 Å². The molecule has 0 spiro atoms.